The van der Waals surface area contributed by atoms with Gasteiger partial charge < -0.3 is 5.11 Å². The largest absolute Gasteiger partial charge is 0.396 e. The molecule has 2 heterocycles. The molecule has 2 aromatic rings. The number of thiazole rings is 1. The summed E-state index contributed by atoms with van der Waals surface area (Å²) >= 11 is 1.56. The van der Waals surface area contributed by atoms with Gasteiger partial charge in [0.25, 0.3) is 0 Å². The second kappa shape index (κ2) is 4.51. The van der Waals surface area contributed by atoms with Crippen LogP contribution in [0.4, 0.5) is 0 Å². The van der Waals surface area contributed by atoms with Gasteiger partial charge in [0.05, 0.1) is 18.0 Å². The lowest BCUT2D eigenvalue weighted by Gasteiger charge is -2.01. The Balaban J connectivity index is 2.28. The van der Waals surface area contributed by atoms with Gasteiger partial charge in [-0.3, -0.25) is 4.98 Å². The van der Waals surface area contributed by atoms with Gasteiger partial charge in [0.1, 0.15) is 5.01 Å². The highest BCUT2D eigenvalue weighted by Crippen LogP contribution is 2.24. The van der Waals surface area contributed by atoms with Gasteiger partial charge in [-0.25, -0.2) is 4.98 Å². The third kappa shape index (κ3) is 2.22. The lowest BCUT2D eigenvalue weighted by Crippen LogP contribution is -1.98. The third-order valence-corrected chi connectivity index (χ3v) is 3.07. The van der Waals surface area contributed by atoms with Crippen LogP contribution < -0.4 is 0 Å². The highest BCUT2D eigenvalue weighted by molar-refractivity contribution is 7.13. The molecule has 0 amide bonds. The second-order valence-corrected chi connectivity index (χ2v) is 4.23. The predicted molar refractivity (Wildman–Crippen MR) is 60.8 cm³/mol. The van der Waals surface area contributed by atoms with Crippen molar-refractivity contribution in [3.63, 3.8) is 0 Å². The molecule has 0 aliphatic carbocycles. The van der Waals surface area contributed by atoms with Crippen LogP contribution in [0, 0.1) is 0 Å². The summed E-state index contributed by atoms with van der Waals surface area (Å²) in [6.07, 6.45) is 1.76. The van der Waals surface area contributed by atoms with Crippen LogP contribution in [-0.2, 0) is 0 Å². The monoisotopic (exact) mass is 220 g/mol. The Morgan fingerprint density at radius 3 is 3.00 bits per heavy atom. The van der Waals surface area contributed by atoms with Crippen LogP contribution in [0.3, 0.4) is 0 Å². The number of aliphatic hydroxyl groups excluding tert-OH is 1. The number of hydrogen-bond acceptors (Lipinski definition) is 4. The first-order valence-corrected chi connectivity index (χ1v) is 5.67. The SMILES string of the molecule is CC(CO)c1csc(-c2ccccn2)n1. The molecule has 0 aliphatic heterocycles. The lowest BCUT2D eigenvalue weighted by atomic mass is 10.1. The number of rotatable bonds is 3. The predicted octanol–water partition coefficient (Wildman–Crippen LogP) is 2.30. The van der Waals surface area contributed by atoms with E-state index in [0.717, 1.165) is 16.4 Å². The Morgan fingerprint density at radius 2 is 2.33 bits per heavy atom. The standard InChI is InChI=1S/C11H12N2OS/c1-8(6-14)10-7-15-11(13-10)9-4-2-3-5-12-9/h2-5,7-8,14H,6H2,1H3. The van der Waals surface area contributed by atoms with Crippen LogP contribution >= 0.6 is 11.3 Å². The minimum atomic E-state index is 0.0960. The first kappa shape index (κ1) is 10.3. The maximum absolute atomic E-state index is 9.02. The van der Waals surface area contributed by atoms with Crippen molar-refractivity contribution in [2.45, 2.75) is 12.8 Å². The highest BCUT2D eigenvalue weighted by atomic mass is 32.1. The molecule has 1 unspecified atom stereocenters. The molecule has 4 heteroatoms. The van der Waals surface area contributed by atoms with Crippen molar-refractivity contribution in [3.8, 4) is 10.7 Å². The summed E-state index contributed by atoms with van der Waals surface area (Å²) in [6, 6.07) is 5.76. The van der Waals surface area contributed by atoms with Gasteiger partial charge in [0.2, 0.25) is 0 Å². The molecule has 0 bridgehead atoms. The van der Waals surface area contributed by atoms with Crippen molar-refractivity contribution in [2.75, 3.05) is 6.61 Å². The molecule has 0 saturated heterocycles. The maximum atomic E-state index is 9.02. The molecule has 0 aromatic carbocycles. The van der Waals surface area contributed by atoms with Crippen molar-refractivity contribution >= 4 is 11.3 Å². The van der Waals surface area contributed by atoms with E-state index < -0.39 is 0 Å². The molecular weight excluding hydrogens is 208 g/mol. The summed E-state index contributed by atoms with van der Waals surface area (Å²) in [4.78, 5) is 8.68. The first-order valence-electron chi connectivity index (χ1n) is 4.79. The number of hydrogen-bond donors (Lipinski definition) is 1. The Hall–Kier alpha value is -1.26. The van der Waals surface area contributed by atoms with Crippen LogP contribution in [0.1, 0.15) is 18.5 Å². The fourth-order valence-corrected chi connectivity index (χ4v) is 2.13. The molecule has 2 aromatic heterocycles. The summed E-state index contributed by atoms with van der Waals surface area (Å²) in [7, 11) is 0. The van der Waals surface area contributed by atoms with E-state index in [1.807, 2.05) is 30.5 Å². The van der Waals surface area contributed by atoms with Crippen molar-refractivity contribution in [1.29, 1.82) is 0 Å². The van der Waals surface area contributed by atoms with Gasteiger partial charge in [0, 0.05) is 17.5 Å². The van der Waals surface area contributed by atoms with E-state index in [2.05, 4.69) is 9.97 Å². The molecule has 3 nitrogen and oxygen atoms in total. The van der Waals surface area contributed by atoms with E-state index in [1.54, 1.807) is 17.5 Å². The molecule has 2 rings (SSSR count). The normalized spacial score (nSPS) is 12.7. The molecule has 1 N–H and O–H groups in total. The van der Waals surface area contributed by atoms with Crippen LogP contribution in [0.2, 0.25) is 0 Å². The van der Waals surface area contributed by atoms with E-state index in [0.29, 0.717) is 0 Å². The molecule has 15 heavy (non-hydrogen) atoms. The topological polar surface area (TPSA) is 46.0 Å². The molecule has 78 valence electrons. The number of nitrogens with zero attached hydrogens (tertiary/aromatic N) is 2. The van der Waals surface area contributed by atoms with Crippen LogP contribution in [-0.4, -0.2) is 21.7 Å². The van der Waals surface area contributed by atoms with Crippen LogP contribution in [0.15, 0.2) is 29.8 Å². The molecule has 1 atom stereocenters. The van der Waals surface area contributed by atoms with Gasteiger partial charge in [0.15, 0.2) is 0 Å². The van der Waals surface area contributed by atoms with E-state index in [-0.39, 0.29) is 12.5 Å². The zero-order chi connectivity index (χ0) is 10.7. The third-order valence-electron chi connectivity index (χ3n) is 2.18. The van der Waals surface area contributed by atoms with E-state index >= 15 is 0 Å². The minimum Gasteiger partial charge on any atom is -0.396 e. The summed E-state index contributed by atoms with van der Waals surface area (Å²) in [5.74, 6) is 0.0960. The van der Waals surface area contributed by atoms with E-state index in [4.69, 9.17) is 5.11 Å². The molecule has 0 fully saturated rings. The number of aromatic nitrogens is 2. The van der Waals surface area contributed by atoms with Crippen LogP contribution in [0.5, 0.6) is 0 Å². The smallest absolute Gasteiger partial charge is 0.142 e. The van der Waals surface area contributed by atoms with Gasteiger partial charge in [-0.2, -0.15) is 0 Å². The van der Waals surface area contributed by atoms with Crippen molar-refractivity contribution < 1.29 is 5.11 Å². The van der Waals surface area contributed by atoms with Crippen molar-refractivity contribution in [3.05, 3.63) is 35.5 Å². The molecule has 0 spiro atoms. The Labute approximate surface area is 92.5 Å². The van der Waals surface area contributed by atoms with E-state index in [9.17, 15) is 0 Å². The number of aliphatic hydroxyl groups is 1. The van der Waals surface area contributed by atoms with E-state index in [1.165, 1.54) is 0 Å². The lowest BCUT2D eigenvalue weighted by molar-refractivity contribution is 0.271. The summed E-state index contributed by atoms with van der Waals surface area (Å²) in [5, 5.41) is 11.9. The fraction of sp³-hybridized carbons (Fsp3) is 0.273. The number of pyridine rings is 1. The Kier molecular flexibility index (Phi) is 3.08. The van der Waals surface area contributed by atoms with Gasteiger partial charge in [-0.1, -0.05) is 13.0 Å². The maximum Gasteiger partial charge on any atom is 0.142 e. The van der Waals surface area contributed by atoms with Gasteiger partial charge in [-0.05, 0) is 12.1 Å². The molecular formula is C11H12N2OS. The molecule has 0 saturated carbocycles. The molecule has 0 aliphatic rings. The average molecular weight is 220 g/mol. The van der Waals surface area contributed by atoms with Crippen LogP contribution in [0.25, 0.3) is 10.7 Å². The quantitative estimate of drug-likeness (QED) is 0.863. The summed E-state index contributed by atoms with van der Waals surface area (Å²) in [5.41, 5.74) is 1.82. The van der Waals surface area contributed by atoms with Gasteiger partial charge in [-0.15, -0.1) is 11.3 Å². The minimum absolute atomic E-state index is 0.0960. The molecule has 0 radical (unpaired) electrons. The average Bonchev–Trinajstić information content (AvgIpc) is 2.78. The van der Waals surface area contributed by atoms with Crippen molar-refractivity contribution in [2.24, 2.45) is 0 Å². The zero-order valence-corrected chi connectivity index (χ0v) is 9.24. The Bertz CT molecular complexity index is 427. The fourth-order valence-electron chi connectivity index (χ4n) is 1.21. The van der Waals surface area contributed by atoms with Crippen molar-refractivity contribution in [1.82, 2.24) is 9.97 Å². The summed E-state index contributed by atoms with van der Waals surface area (Å²) < 4.78 is 0. The van der Waals surface area contributed by atoms with Gasteiger partial charge >= 0.3 is 0 Å². The zero-order valence-electron chi connectivity index (χ0n) is 8.42. The Morgan fingerprint density at radius 1 is 1.47 bits per heavy atom. The summed E-state index contributed by atoms with van der Waals surface area (Å²) in [6.45, 7) is 2.09. The first-order chi connectivity index (χ1) is 7.31. The second-order valence-electron chi connectivity index (χ2n) is 3.38. The highest BCUT2D eigenvalue weighted by Gasteiger charge is 2.10.